The average molecular weight is 213 g/mol. The molecule has 1 fully saturated rings. The van der Waals surface area contributed by atoms with E-state index in [1.165, 1.54) is 0 Å². The second kappa shape index (κ2) is 4.63. The Morgan fingerprint density at radius 1 is 1.67 bits per heavy atom. The van der Waals surface area contributed by atoms with Crippen molar-refractivity contribution in [3.8, 4) is 0 Å². The summed E-state index contributed by atoms with van der Waals surface area (Å²) in [6, 6.07) is 0. The third kappa shape index (κ3) is 2.94. The van der Waals surface area contributed by atoms with Gasteiger partial charge in [-0.1, -0.05) is 11.2 Å². The molecular weight excluding hydrogens is 198 g/mol. The Morgan fingerprint density at radius 3 is 2.87 bits per heavy atom. The number of aliphatic hydroxyl groups excluding tert-OH is 1. The van der Waals surface area contributed by atoms with Gasteiger partial charge in [-0.05, 0) is 19.4 Å². The summed E-state index contributed by atoms with van der Waals surface area (Å²) in [5, 5.41) is 13.0. The molecular formula is C9H15N3O3. The monoisotopic (exact) mass is 213 g/mol. The minimum absolute atomic E-state index is 0.0368. The summed E-state index contributed by atoms with van der Waals surface area (Å²) in [6.07, 6.45) is -0.240. The zero-order valence-corrected chi connectivity index (χ0v) is 8.83. The third-order valence-electron chi connectivity index (χ3n) is 2.11. The van der Waals surface area contributed by atoms with E-state index in [1.54, 1.807) is 19.9 Å². The van der Waals surface area contributed by atoms with Gasteiger partial charge in [0.25, 0.3) is 0 Å². The fraction of sp³-hybridized carbons (Fsp3) is 0.778. The van der Waals surface area contributed by atoms with Crippen molar-refractivity contribution in [2.45, 2.75) is 37.9 Å². The number of hydrogen-bond donors (Lipinski definition) is 1. The minimum atomic E-state index is -0.884. The second-order valence-corrected chi connectivity index (χ2v) is 3.78. The molecule has 6 nitrogen and oxygen atoms in total. The van der Waals surface area contributed by atoms with Crippen LogP contribution >= 0.6 is 0 Å². The van der Waals surface area contributed by atoms with Crippen LogP contribution in [0.2, 0.25) is 0 Å². The molecule has 1 rings (SSSR count). The van der Waals surface area contributed by atoms with E-state index in [9.17, 15) is 5.11 Å². The van der Waals surface area contributed by atoms with E-state index in [0.29, 0.717) is 0 Å². The first-order valence-electron chi connectivity index (χ1n) is 4.67. The Balaban J connectivity index is 2.67. The van der Waals surface area contributed by atoms with Gasteiger partial charge in [0.1, 0.15) is 12.2 Å². The van der Waals surface area contributed by atoms with Gasteiger partial charge in [0.15, 0.2) is 5.79 Å². The molecule has 0 amide bonds. The van der Waals surface area contributed by atoms with Crippen LogP contribution in [0.15, 0.2) is 17.8 Å². The summed E-state index contributed by atoms with van der Waals surface area (Å²) in [5.41, 5.74) is 8.14. The Morgan fingerprint density at radius 2 is 2.33 bits per heavy atom. The number of hydrogen-bond acceptors (Lipinski definition) is 4. The van der Waals surface area contributed by atoms with Crippen LogP contribution in [0.5, 0.6) is 0 Å². The Kier molecular flexibility index (Phi) is 3.71. The van der Waals surface area contributed by atoms with Crippen molar-refractivity contribution in [2.75, 3.05) is 6.54 Å². The molecule has 1 saturated heterocycles. The Bertz CT molecular complexity index is 286. The molecule has 1 aliphatic heterocycles. The molecule has 1 heterocycles. The first-order valence-corrected chi connectivity index (χ1v) is 4.67. The summed E-state index contributed by atoms with van der Waals surface area (Å²) in [5.74, 6) is -0.749. The van der Waals surface area contributed by atoms with E-state index in [2.05, 4.69) is 16.6 Å². The molecule has 0 spiro atoms. The van der Waals surface area contributed by atoms with Crippen molar-refractivity contribution in [3.05, 3.63) is 23.1 Å². The highest BCUT2D eigenvalue weighted by Crippen LogP contribution is 2.30. The molecule has 0 unspecified atom stereocenters. The van der Waals surface area contributed by atoms with Crippen LogP contribution in [0.4, 0.5) is 0 Å². The lowest BCUT2D eigenvalue weighted by atomic mass is 10.1. The fourth-order valence-electron chi connectivity index (χ4n) is 1.52. The Hall–Kier alpha value is -1.07. The lowest BCUT2D eigenvalue weighted by Crippen LogP contribution is -2.36. The van der Waals surface area contributed by atoms with Gasteiger partial charge in [0.05, 0.1) is 12.6 Å². The number of ether oxygens (including phenoxy) is 2. The van der Waals surface area contributed by atoms with Gasteiger partial charge < -0.3 is 14.6 Å². The molecule has 0 aliphatic carbocycles. The van der Waals surface area contributed by atoms with Crippen molar-refractivity contribution < 1.29 is 14.6 Å². The van der Waals surface area contributed by atoms with E-state index >= 15 is 0 Å². The lowest BCUT2D eigenvalue weighted by Gasteiger charge is -2.19. The zero-order valence-electron chi connectivity index (χ0n) is 8.83. The molecule has 6 heteroatoms. The van der Waals surface area contributed by atoms with Crippen LogP contribution in [-0.2, 0) is 9.47 Å². The second-order valence-electron chi connectivity index (χ2n) is 3.78. The molecule has 84 valence electrons. The summed E-state index contributed by atoms with van der Waals surface area (Å²) in [4.78, 5) is 2.58. The van der Waals surface area contributed by atoms with Crippen LogP contribution in [0.3, 0.4) is 0 Å². The third-order valence-corrected chi connectivity index (χ3v) is 2.11. The largest absolute Gasteiger partial charge is 0.390 e. The molecule has 0 saturated carbocycles. The highest BCUT2D eigenvalue weighted by molar-refractivity contribution is 4.96. The molecule has 0 radical (unpaired) electrons. The highest BCUT2D eigenvalue weighted by atomic mass is 16.8. The van der Waals surface area contributed by atoms with Crippen molar-refractivity contribution >= 4 is 0 Å². The number of nitrogens with zero attached hydrogens (tertiary/aromatic N) is 3. The van der Waals surface area contributed by atoms with Crippen molar-refractivity contribution in [3.63, 3.8) is 0 Å². The average Bonchev–Trinajstić information content (AvgIpc) is 2.50. The quantitative estimate of drug-likeness (QED) is 0.331. The maximum Gasteiger partial charge on any atom is 0.164 e. The predicted molar refractivity (Wildman–Crippen MR) is 54.0 cm³/mol. The summed E-state index contributed by atoms with van der Waals surface area (Å²) in [6.45, 7) is 7.07. The van der Waals surface area contributed by atoms with E-state index in [-0.39, 0.29) is 12.6 Å². The topological polar surface area (TPSA) is 87.5 Å². The standard InChI is InChI=1S/C9H15N3O3/c1-4-7-8(6(13)5-11-12-10)15-9(2,3)14-7/h4,6-8,13H,1,5H2,2-3H3/t6-,7-,8-/m0/s1. The van der Waals surface area contributed by atoms with Gasteiger partial charge in [-0.2, -0.15) is 0 Å². The minimum Gasteiger partial charge on any atom is -0.390 e. The molecule has 0 bridgehead atoms. The van der Waals surface area contributed by atoms with E-state index < -0.39 is 18.0 Å². The van der Waals surface area contributed by atoms with Crippen LogP contribution in [0.1, 0.15) is 13.8 Å². The van der Waals surface area contributed by atoms with Crippen LogP contribution in [0, 0.1) is 0 Å². The first kappa shape index (κ1) is 12.0. The molecule has 3 atom stereocenters. The van der Waals surface area contributed by atoms with Crippen LogP contribution in [0.25, 0.3) is 10.4 Å². The number of aliphatic hydroxyl groups is 1. The van der Waals surface area contributed by atoms with Crippen LogP contribution < -0.4 is 0 Å². The van der Waals surface area contributed by atoms with Gasteiger partial charge >= 0.3 is 0 Å². The molecule has 0 aromatic rings. The summed E-state index contributed by atoms with van der Waals surface area (Å²) in [7, 11) is 0. The van der Waals surface area contributed by atoms with Crippen molar-refractivity contribution in [1.29, 1.82) is 0 Å². The number of rotatable bonds is 4. The molecule has 15 heavy (non-hydrogen) atoms. The highest BCUT2D eigenvalue weighted by Gasteiger charge is 2.42. The Labute approximate surface area is 88.1 Å². The molecule has 0 aromatic heterocycles. The lowest BCUT2D eigenvalue weighted by molar-refractivity contribution is -0.152. The summed E-state index contributed by atoms with van der Waals surface area (Å²) >= 11 is 0. The normalized spacial score (nSPS) is 30.6. The van der Waals surface area contributed by atoms with E-state index in [0.717, 1.165) is 0 Å². The van der Waals surface area contributed by atoms with Crippen LogP contribution in [-0.4, -0.2) is 35.8 Å². The fourth-order valence-corrected chi connectivity index (χ4v) is 1.52. The number of azide groups is 1. The van der Waals surface area contributed by atoms with E-state index in [1.807, 2.05) is 0 Å². The van der Waals surface area contributed by atoms with Gasteiger partial charge in [-0.15, -0.1) is 6.58 Å². The van der Waals surface area contributed by atoms with Gasteiger partial charge in [-0.25, -0.2) is 0 Å². The summed E-state index contributed by atoms with van der Waals surface area (Å²) < 4.78 is 11.0. The molecule has 1 N–H and O–H groups in total. The van der Waals surface area contributed by atoms with E-state index in [4.69, 9.17) is 15.0 Å². The SMILES string of the molecule is C=C[C@@H]1OC(C)(C)O[C@H]1[C@@H](O)CN=[N+]=[N-]. The van der Waals surface area contributed by atoms with Gasteiger partial charge in [0, 0.05) is 4.91 Å². The van der Waals surface area contributed by atoms with Crippen molar-refractivity contribution in [1.82, 2.24) is 0 Å². The molecule has 1 aliphatic rings. The molecule has 0 aromatic carbocycles. The maximum absolute atomic E-state index is 9.70. The maximum atomic E-state index is 9.70. The van der Waals surface area contributed by atoms with Gasteiger partial charge in [-0.3, -0.25) is 0 Å². The van der Waals surface area contributed by atoms with Crippen molar-refractivity contribution in [2.24, 2.45) is 5.11 Å². The zero-order chi connectivity index (χ0) is 11.5. The first-order chi connectivity index (χ1) is 7.00. The van der Waals surface area contributed by atoms with Gasteiger partial charge in [0.2, 0.25) is 0 Å². The smallest absolute Gasteiger partial charge is 0.164 e. The predicted octanol–water partition coefficient (Wildman–Crippen LogP) is 1.36.